The second-order valence-corrected chi connectivity index (χ2v) is 5.16. The van der Waals surface area contributed by atoms with Crippen LogP contribution >= 0.6 is 0 Å². The van der Waals surface area contributed by atoms with Gasteiger partial charge in [-0.05, 0) is 21.1 Å². The molecule has 0 atom stereocenters. The summed E-state index contributed by atoms with van der Waals surface area (Å²) in [5, 5.41) is 11.4. The molecule has 1 N–H and O–H groups in total. The molecule has 0 bridgehead atoms. The zero-order valence-corrected chi connectivity index (χ0v) is 12.0. The molecular weight excluding hydrogens is 242 g/mol. The van der Waals surface area contributed by atoms with Gasteiger partial charge in [0, 0.05) is 39.3 Å². The Hall–Kier alpha value is -1.47. The zero-order valence-electron chi connectivity index (χ0n) is 12.0. The normalized spacial score (nSPS) is 16.9. The fourth-order valence-corrected chi connectivity index (χ4v) is 1.93. The second kappa shape index (κ2) is 6.63. The summed E-state index contributed by atoms with van der Waals surface area (Å²) in [5.74, 6) is 1.52. The Balaban J connectivity index is 1.91. The molecule has 1 aromatic heterocycles. The van der Waals surface area contributed by atoms with Crippen molar-refractivity contribution in [3.63, 3.8) is 0 Å². The van der Waals surface area contributed by atoms with Crippen LogP contribution in [0, 0.1) is 0 Å². The van der Waals surface area contributed by atoms with Gasteiger partial charge in [-0.25, -0.2) is 0 Å². The van der Waals surface area contributed by atoms with Crippen molar-refractivity contribution in [3.8, 4) is 0 Å². The van der Waals surface area contributed by atoms with Gasteiger partial charge in [0.2, 0.25) is 5.95 Å². The van der Waals surface area contributed by atoms with Crippen molar-refractivity contribution in [1.82, 2.24) is 25.0 Å². The Morgan fingerprint density at radius 1 is 1.26 bits per heavy atom. The smallest absolute Gasteiger partial charge is 0.247 e. The molecule has 0 amide bonds. The first-order valence-corrected chi connectivity index (χ1v) is 6.67. The molecule has 2 rings (SSSR count). The Kier molecular flexibility index (Phi) is 4.86. The summed E-state index contributed by atoms with van der Waals surface area (Å²) in [6.07, 6.45) is 1.68. The van der Waals surface area contributed by atoms with E-state index in [1.807, 2.05) is 0 Å². The number of nitrogens with zero attached hydrogens (tertiary/aromatic N) is 6. The van der Waals surface area contributed by atoms with Crippen LogP contribution in [0.25, 0.3) is 0 Å². The molecule has 7 heteroatoms. The molecule has 19 heavy (non-hydrogen) atoms. The SMILES string of the molecule is CN(C)CCNc1cnnc(N2CCN(C)CC2)n1. The predicted octanol–water partition coefficient (Wildman–Crippen LogP) is -0.403. The summed E-state index contributed by atoms with van der Waals surface area (Å²) in [7, 11) is 6.24. The van der Waals surface area contributed by atoms with E-state index in [9.17, 15) is 0 Å². The highest BCUT2D eigenvalue weighted by atomic mass is 15.4. The highest BCUT2D eigenvalue weighted by Gasteiger charge is 2.16. The van der Waals surface area contributed by atoms with Crippen LogP contribution in [0.1, 0.15) is 0 Å². The summed E-state index contributed by atoms with van der Waals surface area (Å²) < 4.78 is 0. The molecule has 1 aliphatic rings. The Bertz CT molecular complexity index is 387. The van der Waals surface area contributed by atoms with E-state index in [4.69, 9.17) is 0 Å². The summed E-state index contributed by atoms with van der Waals surface area (Å²) in [6.45, 7) is 5.82. The van der Waals surface area contributed by atoms with Crippen molar-refractivity contribution in [2.24, 2.45) is 0 Å². The number of hydrogen-bond donors (Lipinski definition) is 1. The summed E-state index contributed by atoms with van der Waals surface area (Å²) >= 11 is 0. The van der Waals surface area contributed by atoms with E-state index in [-0.39, 0.29) is 0 Å². The van der Waals surface area contributed by atoms with E-state index in [0.29, 0.717) is 0 Å². The van der Waals surface area contributed by atoms with Crippen LogP contribution in [-0.4, -0.2) is 85.4 Å². The molecule has 0 radical (unpaired) electrons. The number of aromatic nitrogens is 3. The van der Waals surface area contributed by atoms with Gasteiger partial charge in [-0.2, -0.15) is 10.1 Å². The number of anilines is 2. The van der Waals surface area contributed by atoms with E-state index < -0.39 is 0 Å². The maximum atomic E-state index is 4.52. The molecule has 1 saturated heterocycles. The van der Waals surface area contributed by atoms with Crippen molar-refractivity contribution in [1.29, 1.82) is 0 Å². The third-order valence-electron chi connectivity index (χ3n) is 3.20. The molecule has 0 aliphatic carbocycles. The number of likely N-dealkylation sites (N-methyl/N-ethyl adjacent to an activating group) is 2. The summed E-state index contributed by atoms with van der Waals surface area (Å²) in [4.78, 5) is 11.1. The molecule has 0 saturated carbocycles. The fourth-order valence-electron chi connectivity index (χ4n) is 1.93. The van der Waals surface area contributed by atoms with Crippen LogP contribution in [0.15, 0.2) is 6.20 Å². The van der Waals surface area contributed by atoms with E-state index >= 15 is 0 Å². The van der Waals surface area contributed by atoms with E-state index in [0.717, 1.165) is 51.0 Å². The van der Waals surface area contributed by atoms with E-state index in [1.165, 1.54) is 0 Å². The highest BCUT2D eigenvalue weighted by Crippen LogP contribution is 2.11. The molecule has 1 aliphatic heterocycles. The molecule has 0 unspecified atom stereocenters. The number of rotatable bonds is 5. The van der Waals surface area contributed by atoms with Crippen molar-refractivity contribution in [3.05, 3.63) is 6.20 Å². The average Bonchev–Trinajstić information content (AvgIpc) is 2.39. The van der Waals surface area contributed by atoms with Crippen LogP contribution in [0.2, 0.25) is 0 Å². The lowest BCUT2D eigenvalue weighted by atomic mass is 10.3. The number of hydrogen-bond acceptors (Lipinski definition) is 7. The maximum absolute atomic E-state index is 4.52. The minimum atomic E-state index is 0.725. The summed E-state index contributed by atoms with van der Waals surface area (Å²) in [6, 6.07) is 0. The first-order valence-electron chi connectivity index (χ1n) is 6.67. The molecule has 7 nitrogen and oxygen atoms in total. The van der Waals surface area contributed by atoms with Gasteiger partial charge in [-0.3, -0.25) is 0 Å². The van der Waals surface area contributed by atoms with Crippen LogP contribution in [0.3, 0.4) is 0 Å². The first-order chi connectivity index (χ1) is 9.15. The van der Waals surface area contributed by atoms with Crippen molar-refractivity contribution in [2.75, 3.05) is 70.6 Å². The Morgan fingerprint density at radius 3 is 2.68 bits per heavy atom. The van der Waals surface area contributed by atoms with Gasteiger partial charge in [0.15, 0.2) is 5.82 Å². The lowest BCUT2D eigenvalue weighted by Crippen LogP contribution is -2.45. The Morgan fingerprint density at radius 2 is 2.00 bits per heavy atom. The molecule has 1 aromatic rings. The van der Waals surface area contributed by atoms with Crippen LogP contribution in [0.5, 0.6) is 0 Å². The van der Waals surface area contributed by atoms with Crippen molar-refractivity contribution < 1.29 is 0 Å². The Labute approximate surface area is 114 Å². The lowest BCUT2D eigenvalue weighted by Gasteiger charge is -2.32. The molecule has 0 spiro atoms. The van der Waals surface area contributed by atoms with Crippen LogP contribution in [0.4, 0.5) is 11.8 Å². The molecular formula is C12H23N7. The zero-order chi connectivity index (χ0) is 13.7. The van der Waals surface area contributed by atoms with Gasteiger partial charge in [0.1, 0.15) is 0 Å². The minimum absolute atomic E-state index is 0.725. The van der Waals surface area contributed by atoms with Gasteiger partial charge in [0.05, 0.1) is 6.20 Å². The molecule has 106 valence electrons. The maximum Gasteiger partial charge on any atom is 0.247 e. The third kappa shape index (κ3) is 4.29. The van der Waals surface area contributed by atoms with Gasteiger partial charge < -0.3 is 20.0 Å². The average molecular weight is 265 g/mol. The quantitative estimate of drug-likeness (QED) is 0.777. The van der Waals surface area contributed by atoms with Crippen LogP contribution < -0.4 is 10.2 Å². The van der Waals surface area contributed by atoms with Crippen LogP contribution in [-0.2, 0) is 0 Å². The lowest BCUT2D eigenvalue weighted by molar-refractivity contribution is 0.311. The largest absolute Gasteiger partial charge is 0.367 e. The van der Waals surface area contributed by atoms with Gasteiger partial charge >= 0.3 is 0 Å². The topological polar surface area (TPSA) is 60.4 Å². The van der Waals surface area contributed by atoms with E-state index in [2.05, 4.69) is 56.3 Å². The number of piperazine rings is 1. The minimum Gasteiger partial charge on any atom is -0.367 e. The fraction of sp³-hybridized carbons (Fsp3) is 0.750. The predicted molar refractivity (Wildman–Crippen MR) is 76.6 cm³/mol. The van der Waals surface area contributed by atoms with Crippen molar-refractivity contribution in [2.45, 2.75) is 0 Å². The summed E-state index contributed by atoms with van der Waals surface area (Å²) in [5.41, 5.74) is 0. The van der Waals surface area contributed by atoms with Gasteiger partial charge in [-0.15, -0.1) is 5.10 Å². The standard InChI is InChI=1S/C12H23N7/c1-17(2)5-4-13-11-10-14-16-12(15-11)19-8-6-18(3)7-9-19/h10H,4-9H2,1-3H3,(H,13,15,16). The van der Waals surface area contributed by atoms with Crippen molar-refractivity contribution >= 4 is 11.8 Å². The van der Waals surface area contributed by atoms with Gasteiger partial charge in [0.25, 0.3) is 0 Å². The molecule has 0 aromatic carbocycles. The highest BCUT2D eigenvalue weighted by molar-refractivity contribution is 5.39. The third-order valence-corrected chi connectivity index (χ3v) is 3.20. The monoisotopic (exact) mass is 265 g/mol. The van der Waals surface area contributed by atoms with E-state index in [1.54, 1.807) is 6.20 Å². The molecule has 1 fully saturated rings. The van der Waals surface area contributed by atoms with Gasteiger partial charge in [-0.1, -0.05) is 0 Å². The number of nitrogens with one attached hydrogen (secondary N) is 1. The first kappa shape index (κ1) is 14.0. The molecule has 2 heterocycles. The second-order valence-electron chi connectivity index (χ2n) is 5.16.